The van der Waals surface area contributed by atoms with Crippen LogP contribution in [0.3, 0.4) is 0 Å². The quantitative estimate of drug-likeness (QED) is 0.750. The second-order valence-corrected chi connectivity index (χ2v) is 5.28. The number of rotatable bonds is 6. The number of likely N-dealkylation sites (N-methyl/N-ethyl adjacent to an activating group) is 1. The Hall–Kier alpha value is -0.680. The standard InChI is InChI=1S/C10H20N4S/c1-8(2)7-11-5-6-14(4)10-13-12-9(3)15-10/h8,11H,5-7H2,1-4H3. The van der Waals surface area contributed by atoms with E-state index in [0.29, 0.717) is 5.92 Å². The van der Waals surface area contributed by atoms with Crippen LogP contribution in [0.4, 0.5) is 5.13 Å². The van der Waals surface area contributed by atoms with Crippen molar-refractivity contribution in [2.24, 2.45) is 5.92 Å². The van der Waals surface area contributed by atoms with Crippen LogP contribution in [0.2, 0.25) is 0 Å². The summed E-state index contributed by atoms with van der Waals surface area (Å²) in [6.07, 6.45) is 0. The summed E-state index contributed by atoms with van der Waals surface area (Å²) < 4.78 is 0. The van der Waals surface area contributed by atoms with Gasteiger partial charge in [-0.15, -0.1) is 10.2 Å². The minimum absolute atomic E-state index is 0.707. The zero-order chi connectivity index (χ0) is 11.3. The van der Waals surface area contributed by atoms with E-state index in [9.17, 15) is 0 Å². The van der Waals surface area contributed by atoms with E-state index in [0.717, 1.165) is 29.8 Å². The molecule has 0 saturated carbocycles. The predicted molar refractivity (Wildman–Crippen MR) is 65.6 cm³/mol. The van der Waals surface area contributed by atoms with Gasteiger partial charge in [-0.05, 0) is 19.4 Å². The highest BCUT2D eigenvalue weighted by Gasteiger charge is 2.05. The molecule has 0 aromatic carbocycles. The van der Waals surface area contributed by atoms with Gasteiger partial charge in [0.05, 0.1) is 0 Å². The van der Waals surface area contributed by atoms with Gasteiger partial charge >= 0.3 is 0 Å². The van der Waals surface area contributed by atoms with Gasteiger partial charge in [0.1, 0.15) is 5.01 Å². The van der Waals surface area contributed by atoms with E-state index in [1.165, 1.54) is 0 Å². The molecule has 0 saturated heterocycles. The van der Waals surface area contributed by atoms with Crippen molar-refractivity contribution in [3.63, 3.8) is 0 Å². The van der Waals surface area contributed by atoms with E-state index in [-0.39, 0.29) is 0 Å². The molecule has 1 rings (SSSR count). The lowest BCUT2D eigenvalue weighted by Crippen LogP contribution is -2.31. The Labute approximate surface area is 95.7 Å². The summed E-state index contributed by atoms with van der Waals surface area (Å²) in [5, 5.41) is 13.5. The molecule has 0 atom stereocenters. The maximum absolute atomic E-state index is 4.10. The first-order valence-electron chi connectivity index (χ1n) is 5.31. The zero-order valence-electron chi connectivity index (χ0n) is 9.95. The SMILES string of the molecule is Cc1nnc(N(C)CCNCC(C)C)s1. The first-order chi connectivity index (χ1) is 7.09. The number of anilines is 1. The van der Waals surface area contributed by atoms with Crippen molar-refractivity contribution in [3.8, 4) is 0 Å². The molecule has 1 aromatic rings. The van der Waals surface area contributed by atoms with Crippen molar-refractivity contribution in [2.45, 2.75) is 20.8 Å². The lowest BCUT2D eigenvalue weighted by Gasteiger charge is -2.15. The van der Waals surface area contributed by atoms with Crippen molar-refractivity contribution in [1.29, 1.82) is 0 Å². The fourth-order valence-corrected chi connectivity index (χ4v) is 1.85. The normalized spacial score (nSPS) is 11.0. The smallest absolute Gasteiger partial charge is 0.208 e. The molecule has 0 aliphatic carbocycles. The van der Waals surface area contributed by atoms with Crippen LogP contribution >= 0.6 is 11.3 Å². The van der Waals surface area contributed by atoms with E-state index in [4.69, 9.17) is 0 Å². The van der Waals surface area contributed by atoms with Crippen molar-refractivity contribution in [1.82, 2.24) is 15.5 Å². The molecule has 0 fully saturated rings. The Balaban J connectivity index is 2.21. The third-order valence-electron chi connectivity index (χ3n) is 2.02. The molecule has 1 aromatic heterocycles. The Bertz CT molecular complexity index is 285. The van der Waals surface area contributed by atoms with E-state index in [2.05, 4.69) is 41.3 Å². The third-order valence-corrected chi connectivity index (χ3v) is 2.97. The van der Waals surface area contributed by atoms with Crippen LogP contribution in [0.25, 0.3) is 0 Å². The van der Waals surface area contributed by atoms with Crippen molar-refractivity contribution < 1.29 is 0 Å². The first-order valence-corrected chi connectivity index (χ1v) is 6.13. The van der Waals surface area contributed by atoms with Crippen LogP contribution < -0.4 is 10.2 Å². The maximum atomic E-state index is 4.10. The predicted octanol–water partition coefficient (Wildman–Crippen LogP) is 1.53. The number of hydrogen-bond donors (Lipinski definition) is 1. The van der Waals surface area contributed by atoms with Crippen molar-refractivity contribution >= 4 is 16.5 Å². The summed E-state index contributed by atoms with van der Waals surface area (Å²) in [5.74, 6) is 0.707. The Morgan fingerprint density at radius 1 is 1.40 bits per heavy atom. The second kappa shape index (κ2) is 6.02. The van der Waals surface area contributed by atoms with Gasteiger partial charge in [-0.3, -0.25) is 0 Å². The van der Waals surface area contributed by atoms with E-state index in [1.807, 2.05) is 6.92 Å². The van der Waals surface area contributed by atoms with Crippen LogP contribution in [0.1, 0.15) is 18.9 Å². The van der Waals surface area contributed by atoms with Crippen LogP contribution in [0, 0.1) is 12.8 Å². The molecule has 4 nitrogen and oxygen atoms in total. The largest absolute Gasteiger partial charge is 0.348 e. The summed E-state index contributed by atoms with van der Waals surface area (Å²) in [4.78, 5) is 2.14. The van der Waals surface area contributed by atoms with Gasteiger partial charge in [-0.2, -0.15) is 0 Å². The molecule has 86 valence electrons. The summed E-state index contributed by atoms with van der Waals surface area (Å²) in [6, 6.07) is 0. The molecule has 1 N–H and O–H groups in total. The zero-order valence-corrected chi connectivity index (χ0v) is 10.8. The van der Waals surface area contributed by atoms with Crippen LogP contribution in [0.15, 0.2) is 0 Å². The van der Waals surface area contributed by atoms with Gasteiger partial charge in [0.2, 0.25) is 5.13 Å². The number of hydrogen-bond acceptors (Lipinski definition) is 5. The average Bonchev–Trinajstić information content (AvgIpc) is 2.59. The monoisotopic (exact) mass is 228 g/mol. The molecule has 0 amide bonds. The number of aromatic nitrogens is 2. The highest BCUT2D eigenvalue weighted by Crippen LogP contribution is 2.17. The van der Waals surface area contributed by atoms with Gasteiger partial charge < -0.3 is 10.2 Å². The van der Waals surface area contributed by atoms with E-state index in [1.54, 1.807) is 11.3 Å². The van der Waals surface area contributed by atoms with Crippen molar-refractivity contribution in [3.05, 3.63) is 5.01 Å². The molecule has 0 spiro atoms. The van der Waals surface area contributed by atoms with Crippen LogP contribution in [-0.4, -0.2) is 36.9 Å². The van der Waals surface area contributed by atoms with Gasteiger partial charge in [-0.1, -0.05) is 25.2 Å². The fourth-order valence-electron chi connectivity index (χ4n) is 1.17. The lowest BCUT2D eigenvalue weighted by molar-refractivity contribution is 0.554. The molecule has 0 radical (unpaired) electrons. The molecule has 1 heterocycles. The molecule has 15 heavy (non-hydrogen) atoms. The van der Waals surface area contributed by atoms with Gasteiger partial charge in [0.15, 0.2) is 0 Å². The Morgan fingerprint density at radius 3 is 2.67 bits per heavy atom. The van der Waals surface area contributed by atoms with Gasteiger partial charge in [0, 0.05) is 20.1 Å². The summed E-state index contributed by atoms with van der Waals surface area (Å²) in [6.45, 7) is 9.44. The molecule has 0 aliphatic rings. The maximum Gasteiger partial charge on any atom is 0.208 e. The Kier molecular flexibility index (Phi) is 4.98. The molecule has 0 aliphatic heterocycles. The summed E-state index contributed by atoms with van der Waals surface area (Å²) in [5.41, 5.74) is 0. The number of nitrogens with one attached hydrogen (secondary N) is 1. The highest BCUT2D eigenvalue weighted by atomic mass is 32.1. The first kappa shape index (κ1) is 12.4. The van der Waals surface area contributed by atoms with E-state index >= 15 is 0 Å². The summed E-state index contributed by atoms with van der Waals surface area (Å²) in [7, 11) is 2.05. The molecule has 5 heteroatoms. The lowest BCUT2D eigenvalue weighted by atomic mass is 10.2. The van der Waals surface area contributed by atoms with Gasteiger partial charge in [0.25, 0.3) is 0 Å². The number of aryl methyl sites for hydroxylation is 1. The molecule has 0 unspecified atom stereocenters. The van der Waals surface area contributed by atoms with Gasteiger partial charge in [-0.25, -0.2) is 0 Å². The number of nitrogens with zero attached hydrogens (tertiary/aromatic N) is 3. The Morgan fingerprint density at radius 2 is 2.13 bits per heavy atom. The van der Waals surface area contributed by atoms with E-state index < -0.39 is 0 Å². The summed E-state index contributed by atoms with van der Waals surface area (Å²) >= 11 is 1.64. The fraction of sp³-hybridized carbons (Fsp3) is 0.800. The van der Waals surface area contributed by atoms with Crippen molar-refractivity contribution in [2.75, 3.05) is 31.6 Å². The third kappa shape index (κ3) is 4.57. The molecular formula is C10H20N4S. The minimum atomic E-state index is 0.707. The highest BCUT2D eigenvalue weighted by molar-refractivity contribution is 7.15. The van der Waals surface area contributed by atoms with Crippen LogP contribution in [0.5, 0.6) is 0 Å². The van der Waals surface area contributed by atoms with Crippen LogP contribution in [-0.2, 0) is 0 Å². The average molecular weight is 228 g/mol. The second-order valence-electron chi connectivity index (χ2n) is 4.12. The minimum Gasteiger partial charge on any atom is -0.348 e. The molecule has 0 bridgehead atoms. The topological polar surface area (TPSA) is 41.1 Å². The molecular weight excluding hydrogens is 208 g/mol.